The van der Waals surface area contributed by atoms with E-state index in [4.69, 9.17) is 16.3 Å². The fraction of sp³-hybridized carbons (Fsp3) is 0.400. The van der Waals surface area contributed by atoms with Crippen molar-refractivity contribution < 1.29 is 4.74 Å². The molecular formula is C20H25ClN4O. The minimum Gasteiger partial charge on any atom is -0.490 e. The Morgan fingerprint density at radius 3 is 2.65 bits per heavy atom. The zero-order valence-electron chi connectivity index (χ0n) is 15.1. The summed E-state index contributed by atoms with van der Waals surface area (Å²) < 4.78 is 6.06. The SMILES string of the molecule is CN=C(NCCc1ccc(Cl)nc1)N1CCC(Oc2ccccc2)CC1. The van der Waals surface area contributed by atoms with Gasteiger partial charge in [-0.3, -0.25) is 4.99 Å². The highest BCUT2D eigenvalue weighted by atomic mass is 35.5. The van der Waals surface area contributed by atoms with E-state index < -0.39 is 0 Å². The van der Waals surface area contributed by atoms with Crippen molar-refractivity contribution >= 4 is 17.6 Å². The maximum atomic E-state index is 6.06. The van der Waals surface area contributed by atoms with E-state index >= 15 is 0 Å². The highest BCUT2D eigenvalue weighted by Crippen LogP contribution is 2.18. The lowest BCUT2D eigenvalue weighted by atomic mass is 10.1. The summed E-state index contributed by atoms with van der Waals surface area (Å²) in [5, 5.41) is 3.97. The number of hydrogen-bond donors (Lipinski definition) is 1. The lowest BCUT2D eigenvalue weighted by Gasteiger charge is -2.34. The number of nitrogens with one attached hydrogen (secondary N) is 1. The summed E-state index contributed by atoms with van der Waals surface area (Å²) in [7, 11) is 1.83. The summed E-state index contributed by atoms with van der Waals surface area (Å²) in [6.45, 7) is 2.70. The number of para-hydroxylation sites is 1. The van der Waals surface area contributed by atoms with Crippen molar-refractivity contribution in [2.45, 2.75) is 25.4 Å². The number of likely N-dealkylation sites (tertiary alicyclic amines) is 1. The van der Waals surface area contributed by atoms with Crippen molar-refractivity contribution in [3.05, 3.63) is 59.4 Å². The molecule has 0 unspecified atom stereocenters. The van der Waals surface area contributed by atoms with Crippen molar-refractivity contribution in [1.29, 1.82) is 0 Å². The third kappa shape index (κ3) is 5.36. The second kappa shape index (κ2) is 9.43. The lowest BCUT2D eigenvalue weighted by Crippen LogP contribution is -2.47. The van der Waals surface area contributed by atoms with E-state index in [1.165, 1.54) is 0 Å². The number of aliphatic imine (C=N–C) groups is 1. The first-order valence-electron chi connectivity index (χ1n) is 9.02. The number of guanidine groups is 1. The summed E-state index contributed by atoms with van der Waals surface area (Å²) in [6.07, 6.45) is 4.97. The Labute approximate surface area is 160 Å². The molecule has 26 heavy (non-hydrogen) atoms. The van der Waals surface area contributed by atoms with Crippen LogP contribution in [0.5, 0.6) is 5.75 Å². The van der Waals surface area contributed by atoms with E-state index in [0.29, 0.717) is 5.15 Å². The molecule has 2 heterocycles. The molecule has 0 spiro atoms. The molecular weight excluding hydrogens is 348 g/mol. The number of piperidine rings is 1. The highest BCUT2D eigenvalue weighted by Gasteiger charge is 2.22. The third-order valence-electron chi connectivity index (χ3n) is 4.48. The first kappa shape index (κ1) is 18.5. The van der Waals surface area contributed by atoms with Crippen LogP contribution in [0.4, 0.5) is 0 Å². The monoisotopic (exact) mass is 372 g/mol. The van der Waals surface area contributed by atoms with E-state index in [1.54, 1.807) is 0 Å². The minimum absolute atomic E-state index is 0.270. The summed E-state index contributed by atoms with van der Waals surface area (Å²) >= 11 is 5.82. The Bertz CT molecular complexity index is 698. The van der Waals surface area contributed by atoms with Crippen molar-refractivity contribution in [2.75, 3.05) is 26.7 Å². The average Bonchev–Trinajstić information content (AvgIpc) is 2.68. The summed E-state index contributed by atoms with van der Waals surface area (Å²) in [5.41, 5.74) is 1.16. The molecule has 0 radical (unpaired) electrons. The molecule has 0 amide bonds. The second-order valence-corrected chi connectivity index (χ2v) is 6.72. The molecule has 0 atom stereocenters. The molecule has 1 N–H and O–H groups in total. The number of pyridine rings is 1. The molecule has 0 saturated carbocycles. The number of hydrogen-bond acceptors (Lipinski definition) is 3. The number of rotatable bonds is 5. The van der Waals surface area contributed by atoms with Crippen LogP contribution in [0, 0.1) is 0 Å². The van der Waals surface area contributed by atoms with Crippen LogP contribution in [0.3, 0.4) is 0 Å². The van der Waals surface area contributed by atoms with Crippen LogP contribution in [0.2, 0.25) is 5.15 Å². The van der Waals surface area contributed by atoms with Gasteiger partial charge in [0.15, 0.2) is 5.96 Å². The zero-order valence-corrected chi connectivity index (χ0v) is 15.8. The van der Waals surface area contributed by atoms with Gasteiger partial charge in [0.2, 0.25) is 0 Å². The smallest absolute Gasteiger partial charge is 0.193 e. The number of halogens is 1. The van der Waals surface area contributed by atoms with Crippen molar-refractivity contribution in [2.24, 2.45) is 4.99 Å². The Kier molecular flexibility index (Phi) is 6.72. The van der Waals surface area contributed by atoms with Crippen LogP contribution in [0.1, 0.15) is 18.4 Å². The van der Waals surface area contributed by atoms with Crippen LogP contribution in [0.15, 0.2) is 53.7 Å². The van der Waals surface area contributed by atoms with E-state index in [0.717, 1.165) is 56.2 Å². The van der Waals surface area contributed by atoms with Crippen molar-refractivity contribution in [3.8, 4) is 5.75 Å². The summed E-state index contributed by atoms with van der Waals surface area (Å²) in [4.78, 5) is 10.8. The third-order valence-corrected chi connectivity index (χ3v) is 4.71. The molecule has 138 valence electrons. The largest absolute Gasteiger partial charge is 0.490 e. The standard InChI is InChI=1S/C20H25ClN4O/c1-22-20(23-12-9-16-7-8-19(21)24-15-16)25-13-10-18(11-14-25)26-17-5-3-2-4-6-17/h2-8,15,18H,9-14H2,1H3,(H,22,23). The van der Waals surface area contributed by atoms with Gasteiger partial charge in [-0.15, -0.1) is 0 Å². The Balaban J connectivity index is 1.42. The van der Waals surface area contributed by atoms with Gasteiger partial charge in [-0.25, -0.2) is 4.98 Å². The van der Waals surface area contributed by atoms with E-state index in [1.807, 2.05) is 55.7 Å². The van der Waals surface area contributed by atoms with Gasteiger partial charge in [-0.05, 0) is 30.2 Å². The molecule has 2 aromatic rings. The molecule has 0 aliphatic carbocycles. The Hall–Kier alpha value is -2.27. The molecule has 1 aromatic carbocycles. The van der Waals surface area contributed by atoms with E-state index in [2.05, 4.69) is 20.2 Å². The molecule has 0 bridgehead atoms. The van der Waals surface area contributed by atoms with Crippen LogP contribution < -0.4 is 10.1 Å². The summed E-state index contributed by atoms with van der Waals surface area (Å²) in [5.74, 6) is 1.90. The quantitative estimate of drug-likeness (QED) is 0.496. The maximum absolute atomic E-state index is 6.06. The fourth-order valence-electron chi connectivity index (χ4n) is 3.08. The molecule has 1 aliphatic rings. The van der Waals surface area contributed by atoms with Gasteiger partial charge >= 0.3 is 0 Å². The zero-order chi connectivity index (χ0) is 18.2. The highest BCUT2D eigenvalue weighted by molar-refractivity contribution is 6.29. The van der Waals surface area contributed by atoms with Crippen molar-refractivity contribution in [1.82, 2.24) is 15.2 Å². The topological polar surface area (TPSA) is 49.8 Å². The molecule has 1 saturated heterocycles. The number of aromatic nitrogens is 1. The van der Waals surface area contributed by atoms with Crippen LogP contribution in [-0.2, 0) is 6.42 Å². The number of ether oxygens (including phenoxy) is 1. The van der Waals surface area contributed by atoms with Crippen LogP contribution in [0.25, 0.3) is 0 Å². The molecule has 1 aliphatic heterocycles. The number of benzene rings is 1. The molecule has 1 fully saturated rings. The molecule has 5 nitrogen and oxygen atoms in total. The molecule has 6 heteroatoms. The first-order chi connectivity index (χ1) is 12.7. The normalized spacial score (nSPS) is 15.8. The Morgan fingerprint density at radius 2 is 2.00 bits per heavy atom. The predicted molar refractivity (Wildman–Crippen MR) is 106 cm³/mol. The van der Waals surface area contributed by atoms with Gasteiger partial charge in [-0.2, -0.15) is 0 Å². The van der Waals surface area contributed by atoms with E-state index in [9.17, 15) is 0 Å². The predicted octanol–water partition coefficient (Wildman–Crippen LogP) is 3.40. The number of nitrogens with zero attached hydrogens (tertiary/aromatic N) is 3. The maximum Gasteiger partial charge on any atom is 0.193 e. The fourth-order valence-corrected chi connectivity index (χ4v) is 3.19. The van der Waals surface area contributed by atoms with Crippen LogP contribution >= 0.6 is 11.6 Å². The second-order valence-electron chi connectivity index (χ2n) is 6.33. The average molecular weight is 373 g/mol. The summed E-state index contributed by atoms with van der Waals surface area (Å²) in [6, 6.07) is 13.9. The Morgan fingerprint density at radius 1 is 1.23 bits per heavy atom. The van der Waals surface area contributed by atoms with E-state index in [-0.39, 0.29) is 6.10 Å². The van der Waals surface area contributed by atoms with Gasteiger partial charge in [0.1, 0.15) is 17.0 Å². The van der Waals surface area contributed by atoms with Gasteiger partial charge < -0.3 is 15.0 Å². The lowest BCUT2D eigenvalue weighted by molar-refractivity contribution is 0.129. The van der Waals surface area contributed by atoms with Crippen molar-refractivity contribution in [3.63, 3.8) is 0 Å². The van der Waals surface area contributed by atoms with Crippen LogP contribution in [-0.4, -0.2) is 48.6 Å². The van der Waals surface area contributed by atoms with Gasteiger partial charge in [-0.1, -0.05) is 35.9 Å². The molecule has 3 rings (SSSR count). The van der Waals surface area contributed by atoms with Gasteiger partial charge in [0, 0.05) is 45.7 Å². The van der Waals surface area contributed by atoms with Gasteiger partial charge in [0.25, 0.3) is 0 Å². The first-order valence-corrected chi connectivity index (χ1v) is 9.40. The van der Waals surface area contributed by atoms with Gasteiger partial charge in [0.05, 0.1) is 0 Å². The molecule has 1 aromatic heterocycles. The minimum atomic E-state index is 0.270.